The maximum Gasteiger partial charge on any atom is 0.270 e. The lowest BCUT2D eigenvalue weighted by molar-refractivity contribution is -0.0498. The molecule has 2 N–H and O–H groups in total. The van der Waals surface area contributed by atoms with E-state index in [1.54, 1.807) is 29.7 Å². The fourth-order valence-electron chi connectivity index (χ4n) is 4.16. The van der Waals surface area contributed by atoms with Gasteiger partial charge < -0.3 is 15.2 Å². The Balaban J connectivity index is 1.51. The molecule has 0 saturated heterocycles. The lowest BCUT2D eigenvalue weighted by atomic mass is 9.87. The van der Waals surface area contributed by atoms with E-state index in [-0.39, 0.29) is 31.3 Å². The van der Waals surface area contributed by atoms with Gasteiger partial charge in [-0.05, 0) is 43.4 Å². The second kappa shape index (κ2) is 9.24. The molecule has 170 valence electrons. The molecule has 2 heterocycles. The zero-order chi connectivity index (χ0) is 22.7. The largest absolute Gasteiger partial charge is 0.489 e. The van der Waals surface area contributed by atoms with Crippen molar-refractivity contribution >= 4 is 11.6 Å². The number of benzene rings is 1. The Bertz CT molecular complexity index is 1070. The lowest BCUT2D eigenvalue weighted by Crippen LogP contribution is -2.32. The van der Waals surface area contributed by atoms with Gasteiger partial charge in [-0.2, -0.15) is 0 Å². The highest BCUT2D eigenvalue weighted by atomic mass is 19.3. The summed E-state index contributed by atoms with van der Waals surface area (Å²) in [4.78, 5) is 17.6. The first kappa shape index (κ1) is 22.2. The molecule has 1 saturated carbocycles. The average molecular weight is 443 g/mol. The Labute approximate surface area is 185 Å². The first-order chi connectivity index (χ1) is 15.4. The monoisotopic (exact) mass is 443 g/mol. The predicted molar refractivity (Wildman–Crippen MR) is 116 cm³/mol. The number of rotatable bonds is 7. The second-order valence-corrected chi connectivity index (χ2v) is 8.34. The molecule has 1 atom stereocenters. The molecule has 0 radical (unpaired) electrons. The van der Waals surface area contributed by atoms with E-state index in [4.69, 9.17) is 4.74 Å². The summed E-state index contributed by atoms with van der Waals surface area (Å²) in [7, 11) is 0. The molecule has 6 nitrogen and oxygen atoms in total. The van der Waals surface area contributed by atoms with Gasteiger partial charge in [0.15, 0.2) is 11.4 Å². The standard InChI is InChI=1S/C24H27F2N3O3/c1-16-21(23(31)28-19(14-30)18-6-3-2-4-7-18)29-13-5-8-20(22(29)27-16)32-15-17-9-11-24(25,26)12-10-17/h2-8,13,17,19,30H,9-12,14-15H2,1H3,(H,28,31)/t19-/m0/s1. The first-order valence-corrected chi connectivity index (χ1v) is 10.8. The van der Waals surface area contributed by atoms with Crippen LogP contribution in [0.4, 0.5) is 8.78 Å². The van der Waals surface area contributed by atoms with Crippen LogP contribution in [0.3, 0.4) is 0 Å². The number of nitrogens with zero attached hydrogens (tertiary/aromatic N) is 2. The van der Waals surface area contributed by atoms with Gasteiger partial charge in [-0.15, -0.1) is 0 Å². The van der Waals surface area contributed by atoms with Crippen molar-refractivity contribution in [2.24, 2.45) is 5.92 Å². The number of aromatic nitrogens is 2. The van der Waals surface area contributed by atoms with Crippen molar-refractivity contribution in [3.05, 3.63) is 65.6 Å². The highest BCUT2D eigenvalue weighted by Crippen LogP contribution is 2.36. The van der Waals surface area contributed by atoms with Crippen molar-refractivity contribution in [3.8, 4) is 5.75 Å². The summed E-state index contributed by atoms with van der Waals surface area (Å²) in [5, 5.41) is 12.6. The number of pyridine rings is 1. The number of aliphatic hydroxyl groups is 1. The molecular weight excluding hydrogens is 416 g/mol. The molecule has 0 aliphatic heterocycles. The van der Waals surface area contributed by atoms with Gasteiger partial charge in [0.25, 0.3) is 5.91 Å². The molecule has 0 bridgehead atoms. The van der Waals surface area contributed by atoms with Gasteiger partial charge in [0.2, 0.25) is 5.92 Å². The number of amides is 1. The van der Waals surface area contributed by atoms with Gasteiger partial charge >= 0.3 is 0 Å². The molecule has 2 aromatic heterocycles. The number of carbonyl (C=O) groups is 1. The van der Waals surface area contributed by atoms with Crippen LogP contribution in [-0.4, -0.2) is 39.5 Å². The number of fused-ring (bicyclic) bond motifs is 1. The number of nitrogens with one attached hydrogen (secondary N) is 1. The summed E-state index contributed by atoms with van der Waals surface area (Å²) in [5.41, 5.74) is 2.19. The predicted octanol–water partition coefficient (Wildman–Crippen LogP) is 4.31. The van der Waals surface area contributed by atoms with E-state index in [9.17, 15) is 18.7 Å². The molecule has 1 fully saturated rings. The lowest BCUT2D eigenvalue weighted by Gasteiger charge is -2.28. The Morgan fingerprint density at radius 3 is 2.66 bits per heavy atom. The van der Waals surface area contributed by atoms with Crippen LogP contribution in [0.2, 0.25) is 0 Å². The minimum Gasteiger partial charge on any atom is -0.489 e. The Kier molecular flexibility index (Phi) is 6.41. The molecule has 3 aromatic rings. The van der Waals surface area contributed by atoms with E-state index in [1.807, 2.05) is 30.3 Å². The summed E-state index contributed by atoms with van der Waals surface area (Å²) in [6.45, 7) is 1.84. The summed E-state index contributed by atoms with van der Waals surface area (Å²) in [6, 6.07) is 12.2. The van der Waals surface area contributed by atoms with Crippen molar-refractivity contribution < 1.29 is 23.4 Å². The van der Waals surface area contributed by atoms with E-state index in [2.05, 4.69) is 10.3 Å². The molecule has 32 heavy (non-hydrogen) atoms. The van der Waals surface area contributed by atoms with E-state index < -0.39 is 12.0 Å². The van der Waals surface area contributed by atoms with Crippen molar-refractivity contribution in [2.75, 3.05) is 13.2 Å². The van der Waals surface area contributed by atoms with Crippen molar-refractivity contribution in [3.63, 3.8) is 0 Å². The Morgan fingerprint density at radius 1 is 1.25 bits per heavy atom. The zero-order valence-electron chi connectivity index (χ0n) is 17.9. The van der Waals surface area contributed by atoms with E-state index in [0.29, 0.717) is 42.2 Å². The maximum absolute atomic E-state index is 13.4. The van der Waals surface area contributed by atoms with Crippen LogP contribution in [0.25, 0.3) is 5.65 Å². The van der Waals surface area contributed by atoms with Crippen molar-refractivity contribution in [2.45, 2.75) is 44.6 Å². The van der Waals surface area contributed by atoms with Gasteiger partial charge in [-0.25, -0.2) is 13.8 Å². The van der Waals surface area contributed by atoms with Gasteiger partial charge in [-0.3, -0.25) is 9.20 Å². The number of ether oxygens (including phenoxy) is 1. The Morgan fingerprint density at radius 2 is 1.97 bits per heavy atom. The summed E-state index contributed by atoms with van der Waals surface area (Å²) in [5.74, 6) is -2.34. The van der Waals surface area contributed by atoms with Crippen LogP contribution >= 0.6 is 0 Å². The van der Waals surface area contributed by atoms with Crippen molar-refractivity contribution in [1.29, 1.82) is 0 Å². The summed E-state index contributed by atoms with van der Waals surface area (Å²) >= 11 is 0. The highest BCUT2D eigenvalue weighted by molar-refractivity contribution is 5.95. The van der Waals surface area contributed by atoms with Crippen LogP contribution in [0.5, 0.6) is 5.75 Å². The summed E-state index contributed by atoms with van der Waals surface area (Å²) in [6.07, 6.45) is 2.38. The third-order valence-corrected chi connectivity index (χ3v) is 6.00. The number of hydrogen-bond donors (Lipinski definition) is 2. The van der Waals surface area contributed by atoms with E-state index in [0.717, 1.165) is 5.56 Å². The highest BCUT2D eigenvalue weighted by Gasteiger charge is 2.35. The second-order valence-electron chi connectivity index (χ2n) is 8.34. The quantitative estimate of drug-likeness (QED) is 0.571. The van der Waals surface area contributed by atoms with Gasteiger partial charge in [0.1, 0.15) is 5.69 Å². The number of aryl methyl sites for hydroxylation is 1. The van der Waals surface area contributed by atoms with Crippen LogP contribution in [0.15, 0.2) is 48.7 Å². The summed E-state index contributed by atoms with van der Waals surface area (Å²) < 4.78 is 34.4. The van der Waals surface area contributed by atoms with Gasteiger partial charge in [0, 0.05) is 19.0 Å². The Hall–Kier alpha value is -3.00. The number of alkyl halides is 2. The van der Waals surface area contributed by atoms with Crippen LogP contribution in [0.1, 0.15) is 53.5 Å². The average Bonchev–Trinajstić information content (AvgIpc) is 3.13. The van der Waals surface area contributed by atoms with Crippen LogP contribution < -0.4 is 10.1 Å². The van der Waals surface area contributed by atoms with Crippen molar-refractivity contribution in [1.82, 2.24) is 14.7 Å². The van der Waals surface area contributed by atoms with Gasteiger partial charge in [0.05, 0.1) is 24.9 Å². The first-order valence-electron chi connectivity index (χ1n) is 10.8. The van der Waals surface area contributed by atoms with E-state index >= 15 is 0 Å². The molecular formula is C24H27F2N3O3. The fraction of sp³-hybridized carbons (Fsp3) is 0.417. The SMILES string of the molecule is Cc1nc2c(OCC3CCC(F)(F)CC3)cccn2c1C(=O)N[C@@H](CO)c1ccccc1. The van der Waals surface area contributed by atoms with Crippen LogP contribution in [-0.2, 0) is 0 Å². The fourth-order valence-corrected chi connectivity index (χ4v) is 4.16. The number of imidazole rings is 1. The number of aliphatic hydroxyl groups excluding tert-OH is 1. The van der Waals surface area contributed by atoms with Gasteiger partial charge in [-0.1, -0.05) is 30.3 Å². The van der Waals surface area contributed by atoms with E-state index in [1.165, 1.54) is 0 Å². The molecule has 1 aliphatic carbocycles. The molecule has 4 rings (SSSR count). The number of carbonyl (C=O) groups excluding carboxylic acids is 1. The topological polar surface area (TPSA) is 75.9 Å². The zero-order valence-corrected chi connectivity index (χ0v) is 17.9. The molecule has 0 spiro atoms. The minimum atomic E-state index is -2.56. The molecule has 1 aliphatic rings. The normalized spacial score (nSPS) is 17.2. The molecule has 1 aromatic carbocycles. The molecule has 0 unspecified atom stereocenters. The molecule has 1 amide bonds. The van der Waals surface area contributed by atoms with Crippen LogP contribution in [0, 0.1) is 12.8 Å². The minimum absolute atomic E-state index is 0.0740. The third-order valence-electron chi connectivity index (χ3n) is 6.00. The molecule has 8 heteroatoms. The smallest absolute Gasteiger partial charge is 0.270 e. The number of hydrogen-bond acceptors (Lipinski definition) is 4. The maximum atomic E-state index is 13.4. The third kappa shape index (κ3) is 4.75. The number of halogens is 2.